The number of fused-ring (bicyclic) bond motifs is 8. The monoisotopic (exact) mass is 303 g/mol. The van der Waals surface area contributed by atoms with Crippen LogP contribution >= 0.6 is 0 Å². The molecule has 0 amide bonds. The molecule has 3 nitrogen and oxygen atoms in total. The van der Waals surface area contributed by atoms with E-state index in [1.54, 1.807) is 6.07 Å². The molecule has 2 bridgehead atoms. The van der Waals surface area contributed by atoms with Gasteiger partial charge in [-0.1, -0.05) is 42.5 Å². The van der Waals surface area contributed by atoms with E-state index in [-0.39, 0.29) is 17.9 Å². The Labute approximate surface area is 134 Å². The zero-order valence-electron chi connectivity index (χ0n) is 12.9. The third-order valence-electron chi connectivity index (χ3n) is 5.18. The molecule has 0 saturated carbocycles. The Balaban J connectivity index is 1.87. The minimum atomic E-state index is -0.0329. The van der Waals surface area contributed by atoms with Gasteiger partial charge in [0.25, 0.3) is 0 Å². The number of anilines is 1. The van der Waals surface area contributed by atoms with Crippen LogP contribution < -0.4 is 9.64 Å². The number of hydrogen-bond acceptors (Lipinski definition) is 3. The molecule has 2 unspecified atom stereocenters. The number of hydrogen-bond donors (Lipinski definition) is 1. The van der Waals surface area contributed by atoms with Crippen LogP contribution in [0.2, 0.25) is 0 Å². The second-order valence-corrected chi connectivity index (χ2v) is 6.39. The van der Waals surface area contributed by atoms with Crippen molar-refractivity contribution in [3.05, 3.63) is 65.7 Å². The van der Waals surface area contributed by atoms with Crippen LogP contribution in [0.15, 0.2) is 54.6 Å². The Bertz CT molecular complexity index is 934. The van der Waals surface area contributed by atoms with Crippen molar-refractivity contribution in [3.63, 3.8) is 0 Å². The Kier molecular flexibility index (Phi) is 2.46. The van der Waals surface area contributed by atoms with Gasteiger partial charge in [-0.05, 0) is 28.5 Å². The molecule has 0 aliphatic carbocycles. The first-order chi connectivity index (χ1) is 11.2. The molecule has 114 valence electrons. The molecule has 2 atom stereocenters. The normalized spacial score (nSPS) is 21.5. The number of phenolic OH excluding ortho intramolecular Hbond substituents is 1. The van der Waals surface area contributed by atoms with Gasteiger partial charge in [0, 0.05) is 30.6 Å². The summed E-state index contributed by atoms with van der Waals surface area (Å²) in [6, 6.07) is 18.5. The highest BCUT2D eigenvalue weighted by Crippen LogP contribution is 2.53. The molecule has 3 aromatic carbocycles. The van der Waals surface area contributed by atoms with E-state index in [1.807, 2.05) is 18.2 Å². The Morgan fingerprint density at radius 1 is 1.09 bits per heavy atom. The summed E-state index contributed by atoms with van der Waals surface area (Å²) >= 11 is 0. The summed E-state index contributed by atoms with van der Waals surface area (Å²) in [4.78, 5) is 2.17. The predicted octanol–water partition coefficient (Wildman–Crippen LogP) is 4.24. The number of phenols is 1. The van der Waals surface area contributed by atoms with E-state index in [9.17, 15) is 5.11 Å². The van der Waals surface area contributed by atoms with Gasteiger partial charge in [0.2, 0.25) is 0 Å². The van der Waals surface area contributed by atoms with Crippen molar-refractivity contribution in [3.8, 4) is 11.5 Å². The first-order valence-corrected chi connectivity index (χ1v) is 7.97. The fraction of sp³-hybridized carbons (Fsp3) is 0.200. The van der Waals surface area contributed by atoms with Crippen LogP contribution in [0, 0.1) is 0 Å². The molecular weight excluding hydrogens is 286 g/mol. The molecule has 0 aromatic heterocycles. The molecule has 2 aliphatic rings. The predicted molar refractivity (Wildman–Crippen MR) is 91.3 cm³/mol. The van der Waals surface area contributed by atoms with Gasteiger partial charge in [0.05, 0.1) is 0 Å². The molecular formula is C20H17NO2. The smallest absolute Gasteiger partial charge is 0.173 e. The van der Waals surface area contributed by atoms with Gasteiger partial charge in [-0.15, -0.1) is 0 Å². The summed E-state index contributed by atoms with van der Waals surface area (Å²) in [6.07, 6.45) is 0.878. The van der Waals surface area contributed by atoms with Gasteiger partial charge in [0.1, 0.15) is 0 Å². The van der Waals surface area contributed by atoms with Crippen molar-refractivity contribution in [1.29, 1.82) is 0 Å². The van der Waals surface area contributed by atoms with Crippen molar-refractivity contribution < 1.29 is 9.84 Å². The quantitative estimate of drug-likeness (QED) is 0.674. The summed E-state index contributed by atoms with van der Waals surface area (Å²) in [5, 5.41) is 12.7. The molecule has 3 heteroatoms. The third-order valence-corrected chi connectivity index (χ3v) is 5.18. The first kappa shape index (κ1) is 12.8. The number of rotatable bonds is 0. The summed E-state index contributed by atoms with van der Waals surface area (Å²) in [5.41, 5.74) is 3.65. The Hall–Kier alpha value is -2.68. The summed E-state index contributed by atoms with van der Waals surface area (Å²) in [7, 11) is 2.06. The summed E-state index contributed by atoms with van der Waals surface area (Å²) in [5.74, 6) is 1.14. The summed E-state index contributed by atoms with van der Waals surface area (Å²) in [6.45, 7) is 0. The van der Waals surface area contributed by atoms with E-state index in [0.29, 0.717) is 5.75 Å². The maximum atomic E-state index is 10.5. The lowest BCUT2D eigenvalue weighted by atomic mass is 9.79. The van der Waals surface area contributed by atoms with Crippen LogP contribution in [-0.2, 0) is 0 Å². The molecule has 0 saturated heterocycles. The van der Waals surface area contributed by atoms with Crippen LogP contribution in [0.4, 0.5) is 5.69 Å². The number of nitrogens with zero attached hydrogens (tertiary/aromatic N) is 1. The Morgan fingerprint density at radius 3 is 2.78 bits per heavy atom. The maximum absolute atomic E-state index is 10.5. The van der Waals surface area contributed by atoms with Crippen LogP contribution in [-0.4, -0.2) is 18.4 Å². The topological polar surface area (TPSA) is 32.7 Å². The number of benzene rings is 3. The zero-order chi connectivity index (χ0) is 15.6. The average Bonchev–Trinajstić information content (AvgIpc) is 2.60. The van der Waals surface area contributed by atoms with E-state index in [0.717, 1.165) is 17.4 Å². The minimum absolute atomic E-state index is 0.0329. The number of aromatic hydroxyl groups is 1. The maximum Gasteiger partial charge on any atom is 0.173 e. The molecule has 0 fully saturated rings. The van der Waals surface area contributed by atoms with E-state index in [2.05, 4.69) is 42.3 Å². The lowest BCUT2D eigenvalue weighted by Gasteiger charge is -2.44. The fourth-order valence-electron chi connectivity index (χ4n) is 4.09. The van der Waals surface area contributed by atoms with Crippen molar-refractivity contribution >= 4 is 16.5 Å². The highest BCUT2D eigenvalue weighted by Gasteiger charge is 2.40. The minimum Gasteiger partial charge on any atom is -0.504 e. The molecule has 0 spiro atoms. The van der Waals surface area contributed by atoms with Gasteiger partial charge < -0.3 is 14.7 Å². The van der Waals surface area contributed by atoms with E-state index < -0.39 is 0 Å². The van der Waals surface area contributed by atoms with Crippen LogP contribution in [0.1, 0.15) is 23.5 Å². The standard InChI is InChI=1S/C20H17NO2/c1-21-16-9-5-4-8-14(16)15-11-18(21)23-20-17(22)10-12-6-2-3-7-13(12)19(15)20/h2-10,15,18,22H,11H2,1H3. The molecule has 3 aromatic rings. The third kappa shape index (κ3) is 1.65. The van der Waals surface area contributed by atoms with Crippen molar-refractivity contribution in [2.24, 2.45) is 0 Å². The highest BCUT2D eigenvalue weighted by atomic mass is 16.5. The molecule has 2 aliphatic heterocycles. The molecule has 23 heavy (non-hydrogen) atoms. The highest BCUT2D eigenvalue weighted by molar-refractivity contribution is 5.91. The number of ether oxygens (including phenoxy) is 1. The molecule has 0 radical (unpaired) electrons. The molecule has 2 heterocycles. The summed E-state index contributed by atoms with van der Waals surface area (Å²) < 4.78 is 6.19. The Morgan fingerprint density at radius 2 is 1.87 bits per heavy atom. The van der Waals surface area contributed by atoms with Gasteiger partial charge >= 0.3 is 0 Å². The zero-order valence-corrected chi connectivity index (χ0v) is 12.9. The van der Waals surface area contributed by atoms with E-state index in [4.69, 9.17) is 4.74 Å². The van der Waals surface area contributed by atoms with Gasteiger partial charge in [-0.25, -0.2) is 0 Å². The average molecular weight is 303 g/mol. The van der Waals surface area contributed by atoms with Crippen LogP contribution in [0.25, 0.3) is 10.8 Å². The van der Waals surface area contributed by atoms with Gasteiger partial charge in [-0.3, -0.25) is 0 Å². The fourth-order valence-corrected chi connectivity index (χ4v) is 4.09. The van der Waals surface area contributed by atoms with E-state index in [1.165, 1.54) is 16.6 Å². The van der Waals surface area contributed by atoms with Gasteiger partial charge in [-0.2, -0.15) is 0 Å². The lowest BCUT2D eigenvalue weighted by molar-refractivity contribution is 0.152. The first-order valence-electron chi connectivity index (χ1n) is 7.97. The largest absolute Gasteiger partial charge is 0.504 e. The van der Waals surface area contributed by atoms with Crippen LogP contribution in [0.5, 0.6) is 11.5 Å². The second-order valence-electron chi connectivity index (χ2n) is 6.39. The van der Waals surface area contributed by atoms with Crippen molar-refractivity contribution in [2.75, 3.05) is 11.9 Å². The molecule has 5 rings (SSSR count). The SMILES string of the molecule is CN1c2ccccc2C2CC1Oc1c(O)cc3ccccc3c12. The second kappa shape index (κ2) is 4.42. The van der Waals surface area contributed by atoms with Crippen LogP contribution in [0.3, 0.4) is 0 Å². The van der Waals surface area contributed by atoms with Gasteiger partial charge in [0.15, 0.2) is 17.7 Å². The molecule has 1 N–H and O–H groups in total. The lowest BCUT2D eigenvalue weighted by Crippen LogP contribution is -2.44. The van der Waals surface area contributed by atoms with Crippen molar-refractivity contribution in [2.45, 2.75) is 18.6 Å². The number of para-hydroxylation sites is 1. The van der Waals surface area contributed by atoms with E-state index >= 15 is 0 Å². The van der Waals surface area contributed by atoms with Crippen molar-refractivity contribution in [1.82, 2.24) is 0 Å².